The van der Waals surface area contributed by atoms with Gasteiger partial charge in [-0.15, -0.1) is 0 Å². The number of hydrogen-bond donors (Lipinski definition) is 3. The molecule has 0 aromatic heterocycles. The molecule has 0 radical (unpaired) electrons. The summed E-state index contributed by atoms with van der Waals surface area (Å²) in [5, 5.41) is 9.24. The van der Waals surface area contributed by atoms with Gasteiger partial charge in [-0.05, 0) is 72.3 Å². The largest absolute Gasteiger partial charge is 0.338 e. The van der Waals surface area contributed by atoms with Crippen LogP contribution in [0.15, 0.2) is 0 Å². The molecule has 45 heavy (non-hydrogen) atoms. The van der Waals surface area contributed by atoms with Crippen LogP contribution in [0.5, 0.6) is 0 Å². The molecule has 13 nitrogen and oxygen atoms in total. The van der Waals surface area contributed by atoms with Gasteiger partial charge in [0.2, 0.25) is 5.91 Å². The molecule has 5 atom stereocenters. The fourth-order valence-electron chi connectivity index (χ4n) is 7.35. The second-order valence-corrected chi connectivity index (χ2v) is 13.2. The van der Waals surface area contributed by atoms with Gasteiger partial charge in [-0.25, -0.2) is 14.4 Å². The van der Waals surface area contributed by atoms with Gasteiger partial charge in [0.05, 0.1) is 12.2 Å². The van der Waals surface area contributed by atoms with Gasteiger partial charge in [-0.3, -0.25) is 9.69 Å². The Morgan fingerprint density at radius 2 is 1.38 bits per heavy atom. The minimum absolute atomic E-state index is 0.00725. The summed E-state index contributed by atoms with van der Waals surface area (Å²) in [6, 6.07) is -0.0439. The first-order valence-electron chi connectivity index (χ1n) is 17.3. The molecular weight excluding hydrogens is 576 g/mol. The number of unbranched alkanes of at least 4 members (excludes halogenated alkanes) is 5. The normalized spacial score (nSPS) is 26.4. The van der Waals surface area contributed by atoms with Crippen LogP contribution >= 0.6 is 0 Å². The second-order valence-electron chi connectivity index (χ2n) is 13.2. The highest BCUT2D eigenvalue weighted by Gasteiger charge is 2.41. The van der Waals surface area contributed by atoms with Crippen LogP contribution in [0.3, 0.4) is 0 Å². The minimum atomic E-state index is -0.301. The van der Waals surface area contributed by atoms with E-state index in [4.69, 9.17) is 0 Å². The maximum Gasteiger partial charge on any atom is 0.323 e. The number of urea groups is 3. The fourth-order valence-corrected chi connectivity index (χ4v) is 7.35. The van der Waals surface area contributed by atoms with E-state index < -0.39 is 0 Å². The fraction of sp³-hybridized carbons (Fsp3) is 0.844. The molecule has 4 heterocycles. The average Bonchev–Trinajstić information content (AvgIpc) is 3.61. The Labute approximate surface area is 268 Å². The van der Waals surface area contributed by atoms with Crippen molar-refractivity contribution in [3.05, 3.63) is 0 Å². The van der Waals surface area contributed by atoms with E-state index in [-0.39, 0.29) is 67.4 Å². The predicted octanol–water partition coefficient (Wildman–Crippen LogP) is 2.90. The van der Waals surface area contributed by atoms with Crippen LogP contribution in [0.1, 0.15) is 97.3 Å². The summed E-state index contributed by atoms with van der Waals surface area (Å²) in [6.45, 7) is 7.18. The van der Waals surface area contributed by atoms with E-state index in [2.05, 4.69) is 22.9 Å². The predicted molar refractivity (Wildman–Crippen MR) is 171 cm³/mol. The van der Waals surface area contributed by atoms with Crippen LogP contribution in [0.4, 0.5) is 14.4 Å². The molecule has 4 aliphatic rings. The lowest BCUT2D eigenvalue weighted by molar-refractivity contribution is -0.137. The lowest BCUT2D eigenvalue weighted by Gasteiger charge is -2.42. The summed E-state index contributed by atoms with van der Waals surface area (Å²) in [6.07, 6.45) is 12.0. The molecule has 4 saturated heterocycles. The molecule has 7 amide bonds. The second kappa shape index (κ2) is 17.0. The Kier molecular flexibility index (Phi) is 13.1. The number of hydrogen-bond acceptors (Lipinski definition) is 6. The summed E-state index contributed by atoms with van der Waals surface area (Å²) >= 11 is 0. The molecule has 13 heteroatoms. The van der Waals surface area contributed by atoms with Gasteiger partial charge in [-0.2, -0.15) is 0 Å². The third-order valence-electron chi connectivity index (χ3n) is 10.2. The minimum Gasteiger partial charge on any atom is -0.338 e. The average molecular weight is 633 g/mol. The van der Waals surface area contributed by atoms with Gasteiger partial charge in [0.1, 0.15) is 13.0 Å². The number of carbonyl (C=O) groups excluding carboxylic acids is 5. The summed E-state index contributed by atoms with van der Waals surface area (Å²) < 4.78 is 0. The zero-order valence-electron chi connectivity index (χ0n) is 27.7. The summed E-state index contributed by atoms with van der Waals surface area (Å²) in [7, 11) is 1.83. The van der Waals surface area contributed by atoms with E-state index >= 15 is 0 Å². The van der Waals surface area contributed by atoms with Gasteiger partial charge in [0.25, 0.3) is 0 Å². The Bertz CT molecular complexity index is 1030. The van der Waals surface area contributed by atoms with Gasteiger partial charge < -0.3 is 40.3 Å². The Morgan fingerprint density at radius 1 is 0.800 bits per heavy atom. The lowest BCUT2D eigenvalue weighted by atomic mass is 10.1. The topological polar surface area (TPSA) is 138 Å². The molecule has 3 unspecified atom stereocenters. The third kappa shape index (κ3) is 9.01. The molecule has 0 aliphatic carbocycles. The van der Waals surface area contributed by atoms with Crippen molar-refractivity contribution in [1.29, 1.82) is 0 Å². The number of nitrogens with one attached hydrogen (secondary N) is 3. The van der Waals surface area contributed by atoms with Gasteiger partial charge >= 0.3 is 18.1 Å². The van der Waals surface area contributed by atoms with Crippen molar-refractivity contribution in [3.8, 4) is 0 Å². The van der Waals surface area contributed by atoms with E-state index in [1.165, 1.54) is 0 Å². The molecule has 254 valence electrons. The SMILES string of the molecule is CNC(C)N1CN(C(=O)NCCCCCCCCNC(=O)N2CCC(=O)N3[C@@H](CC[C@@H]3C=O)CC2)CCC2CCC(C)N2C1=O. The Balaban J connectivity index is 1.06. The number of rotatable bonds is 12. The highest BCUT2D eigenvalue weighted by Crippen LogP contribution is 2.30. The zero-order valence-corrected chi connectivity index (χ0v) is 27.7. The van der Waals surface area contributed by atoms with Crippen LogP contribution in [-0.2, 0) is 9.59 Å². The van der Waals surface area contributed by atoms with Crippen LogP contribution in [0, 0.1) is 0 Å². The van der Waals surface area contributed by atoms with Crippen molar-refractivity contribution in [2.75, 3.05) is 46.4 Å². The number of nitrogens with zero attached hydrogens (tertiary/aromatic N) is 5. The van der Waals surface area contributed by atoms with Crippen LogP contribution < -0.4 is 16.0 Å². The maximum atomic E-state index is 13.4. The third-order valence-corrected chi connectivity index (χ3v) is 10.2. The smallest absolute Gasteiger partial charge is 0.323 e. The van der Waals surface area contributed by atoms with E-state index in [9.17, 15) is 24.0 Å². The van der Waals surface area contributed by atoms with Crippen molar-refractivity contribution in [2.24, 2.45) is 0 Å². The Hall–Kier alpha value is -3.09. The number of carbonyl (C=O) groups is 5. The number of fused-ring (bicyclic) bond motifs is 2. The monoisotopic (exact) mass is 632 g/mol. The molecule has 4 rings (SSSR count). The first kappa shape index (κ1) is 34.8. The quantitative estimate of drug-likeness (QED) is 0.224. The molecule has 3 N–H and O–H groups in total. The first-order valence-corrected chi connectivity index (χ1v) is 17.3. The standard InChI is InChI=1S/C32H56N8O5/c1-24-10-11-26-15-20-37(23-38(25(2)33-3)32(45)39(24)26)31(44)35-18-9-7-5-4-6-8-17-34-30(43)36-19-14-27-12-13-28(22-41)40(27)29(42)16-21-36/h22,24-28,33H,4-21,23H2,1-3H3,(H,34,43)(H,35,44)/t24?,25?,26?,27-,28+/m0/s1. The molecule has 0 spiro atoms. The molecule has 0 bridgehead atoms. The molecule has 0 aromatic rings. The molecule has 0 aromatic carbocycles. The number of amides is 7. The van der Waals surface area contributed by atoms with Gasteiger partial charge in [0, 0.05) is 57.3 Å². The lowest BCUT2D eigenvalue weighted by Crippen LogP contribution is -2.61. The van der Waals surface area contributed by atoms with Crippen LogP contribution in [0.2, 0.25) is 0 Å². The molecule has 4 fully saturated rings. The van der Waals surface area contributed by atoms with Gasteiger partial charge in [0.15, 0.2) is 0 Å². The molecule has 0 saturated carbocycles. The van der Waals surface area contributed by atoms with E-state index in [1.807, 2.05) is 18.9 Å². The number of aldehydes is 1. The summed E-state index contributed by atoms with van der Waals surface area (Å²) in [5.74, 6) is -0.0265. The van der Waals surface area contributed by atoms with E-state index in [0.29, 0.717) is 39.1 Å². The summed E-state index contributed by atoms with van der Waals surface area (Å²) in [4.78, 5) is 72.1. The van der Waals surface area contributed by atoms with E-state index in [1.54, 1.807) is 19.6 Å². The molecular formula is C32H56N8O5. The van der Waals surface area contributed by atoms with Crippen molar-refractivity contribution >= 4 is 30.3 Å². The first-order chi connectivity index (χ1) is 21.7. The van der Waals surface area contributed by atoms with Crippen molar-refractivity contribution < 1.29 is 24.0 Å². The molecule has 4 aliphatic heterocycles. The maximum absolute atomic E-state index is 13.4. The van der Waals surface area contributed by atoms with Crippen molar-refractivity contribution in [3.63, 3.8) is 0 Å². The van der Waals surface area contributed by atoms with Crippen molar-refractivity contribution in [2.45, 2.75) is 128 Å². The van der Waals surface area contributed by atoms with Crippen LogP contribution in [-0.4, -0.2) is 132 Å². The zero-order chi connectivity index (χ0) is 32.3. The summed E-state index contributed by atoms with van der Waals surface area (Å²) in [5.41, 5.74) is 0. The van der Waals surface area contributed by atoms with E-state index in [0.717, 1.165) is 76.9 Å². The van der Waals surface area contributed by atoms with Gasteiger partial charge in [-0.1, -0.05) is 25.7 Å². The highest BCUT2D eigenvalue weighted by molar-refractivity contribution is 5.82. The Morgan fingerprint density at radius 3 is 2.02 bits per heavy atom. The highest BCUT2D eigenvalue weighted by atomic mass is 16.2. The van der Waals surface area contributed by atoms with Crippen molar-refractivity contribution in [1.82, 2.24) is 40.4 Å². The van der Waals surface area contributed by atoms with Crippen LogP contribution in [0.25, 0.3) is 0 Å².